The minimum atomic E-state index is -3.69. The van der Waals surface area contributed by atoms with Gasteiger partial charge < -0.3 is 13.8 Å². The van der Waals surface area contributed by atoms with Crippen molar-refractivity contribution in [2.45, 2.75) is 11.8 Å². The van der Waals surface area contributed by atoms with Crippen molar-refractivity contribution in [1.29, 1.82) is 0 Å². The highest BCUT2D eigenvalue weighted by molar-refractivity contribution is 8.55. The predicted molar refractivity (Wildman–Crippen MR) is 110 cm³/mol. The van der Waals surface area contributed by atoms with Crippen LogP contribution in [-0.2, 0) is 9.30 Å². The van der Waals surface area contributed by atoms with Crippen LogP contribution < -0.4 is 9.05 Å². The summed E-state index contributed by atoms with van der Waals surface area (Å²) < 4.78 is 30.0. The van der Waals surface area contributed by atoms with Crippen molar-refractivity contribution in [3.8, 4) is 11.5 Å². The summed E-state index contributed by atoms with van der Waals surface area (Å²) >= 11 is 0.934. The molecule has 0 N–H and O–H groups in total. The SMILES string of the molecule is CCOC(=O)c1cccc(SP(=O)(Oc2ccccc2)Oc2ccccc2)c1. The van der Waals surface area contributed by atoms with Crippen molar-refractivity contribution in [2.75, 3.05) is 6.61 Å². The molecule has 0 heterocycles. The van der Waals surface area contributed by atoms with Gasteiger partial charge in [0.15, 0.2) is 0 Å². The number of hydrogen-bond acceptors (Lipinski definition) is 6. The van der Waals surface area contributed by atoms with Crippen molar-refractivity contribution in [1.82, 2.24) is 0 Å². The van der Waals surface area contributed by atoms with Crippen molar-refractivity contribution < 1.29 is 23.1 Å². The Morgan fingerprint density at radius 3 is 1.96 bits per heavy atom. The molecule has 0 saturated carbocycles. The Balaban J connectivity index is 1.87. The normalized spacial score (nSPS) is 10.9. The molecule has 0 unspecified atom stereocenters. The van der Waals surface area contributed by atoms with Gasteiger partial charge in [0.05, 0.1) is 12.2 Å². The second kappa shape index (κ2) is 9.49. The highest BCUT2D eigenvalue weighted by Crippen LogP contribution is 2.62. The molecule has 7 heteroatoms. The lowest BCUT2D eigenvalue weighted by atomic mass is 10.2. The molecule has 0 aromatic heterocycles. The zero-order valence-electron chi connectivity index (χ0n) is 15.2. The van der Waals surface area contributed by atoms with Gasteiger partial charge in [-0.05, 0) is 49.4 Å². The maximum atomic E-state index is 13.5. The van der Waals surface area contributed by atoms with Gasteiger partial charge in [0.25, 0.3) is 0 Å². The largest absolute Gasteiger partial charge is 0.497 e. The number of esters is 1. The third-order valence-corrected chi connectivity index (χ3v) is 6.79. The van der Waals surface area contributed by atoms with Gasteiger partial charge in [0.2, 0.25) is 0 Å². The molecule has 28 heavy (non-hydrogen) atoms. The van der Waals surface area contributed by atoms with E-state index in [0.717, 1.165) is 11.4 Å². The Morgan fingerprint density at radius 1 is 0.857 bits per heavy atom. The molecule has 0 saturated heterocycles. The molecule has 0 aliphatic rings. The number of rotatable bonds is 8. The number of benzene rings is 3. The molecule has 0 radical (unpaired) electrons. The highest BCUT2D eigenvalue weighted by Gasteiger charge is 2.31. The van der Waals surface area contributed by atoms with E-state index < -0.39 is 12.8 Å². The number of carbonyl (C=O) groups excluding carboxylic acids is 1. The van der Waals surface area contributed by atoms with Crippen molar-refractivity contribution in [2.24, 2.45) is 0 Å². The summed E-state index contributed by atoms with van der Waals surface area (Å²) in [6.07, 6.45) is 0. The lowest BCUT2D eigenvalue weighted by Crippen LogP contribution is -2.04. The van der Waals surface area contributed by atoms with Gasteiger partial charge >= 0.3 is 12.8 Å². The van der Waals surface area contributed by atoms with Crippen LogP contribution in [0.3, 0.4) is 0 Å². The molecule has 0 aliphatic carbocycles. The van der Waals surface area contributed by atoms with Crippen molar-refractivity contribution in [3.63, 3.8) is 0 Å². The predicted octanol–water partition coefficient (Wildman–Crippen LogP) is 6.22. The molecular formula is C21H19O5PS. The van der Waals surface area contributed by atoms with E-state index in [1.807, 2.05) is 12.1 Å². The Morgan fingerprint density at radius 2 is 1.43 bits per heavy atom. The Kier molecular flexibility index (Phi) is 6.80. The maximum Gasteiger partial charge on any atom is 0.497 e. The average Bonchev–Trinajstić information content (AvgIpc) is 2.69. The summed E-state index contributed by atoms with van der Waals surface area (Å²) in [6, 6.07) is 24.3. The van der Waals surface area contributed by atoms with Crippen LogP contribution in [0.4, 0.5) is 0 Å². The quantitative estimate of drug-likeness (QED) is 0.322. The number of para-hydroxylation sites is 2. The summed E-state index contributed by atoms with van der Waals surface area (Å²) in [7, 11) is 0. The molecule has 0 amide bonds. The van der Waals surface area contributed by atoms with E-state index in [1.165, 1.54) is 0 Å². The first-order valence-electron chi connectivity index (χ1n) is 8.64. The van der Waals surface area contributed by atoms with Crippen LogP contribution in [0, 0.1) is 0 Å². The second-order valence-corrected chi connectivity index (χ2v) is 9.40. The third-order valence-electron chi connectivity index (χ3n) is 3.48. The fourth-order valence-electron chi connectivity index (χ4n) is 2.30. The molecule has 0 bridgehead atoms. The fraction of sp³-hybridized carbons (Fsp3) is 0.0952. The number of ether oxygens (including phenoxy) is 1. The summed E-state index contributed by atoms with van der Waals surface area (Å²) in [5.74, 6) is 0.416. The Labute approximate surface area is 167 Å². The van der Waals surface area contributed by atoms with Crippen LogP contribution in [0.2, 0.25) is 0 Å². The van der Waals surface area contributed by atoms with Crippen molar-refractivity contribution in [3.05, 3.63) is 90.5 Å². The van der Waals surface area contributed by atoms with Gasteiger partial charge in [-0.25, -0.2) is 9.36 Å². The van der Waals surface area contributed by atoms with E-state index in [9.17, 15) is 9.36 Å². The molecule has 0 fully saturated rings. The molecule has 0 atom stereocenters. The highest BCUT2D eigenvalue weighted by atomic mass is 32.7. The van der Waals surface area contributed by atoms with Crippen LogP contribution in [0.15, 0.2) is 89.8 Å². The van der Waals surface area contributed by atoms with E-state index in [-0.39, 0.29) is 6.61 Å². The molecule has 5 nitrogen and oxygen atoms in total. The molecule has 3 aromatic carbocycles. The zero-order valence-corrected chi connectivity index (χ0v) is 16.9. The summed E-state index contributed by atoms with van der Waals surface area (Å²) in [6.45, 7) is -1.66. The fourth-order valence-corrected chi connectivity index (χ4v) is 5.60. The first-order chi connectivity index (χ1) is 13.6. The minimum absolute atomic E-state index is 0.281. The summed E-state index contributed by atoms with van der Waals surface area (Å²) in [5.41, 5.74) is 0.373. The molecule has 3 aromatic rings. The van der Waals surface area contributed by atoms with E-state index >= 15 is 0 Å². The van der Waals surface area contributed by atoms with Crippen LogP contribution in [-0.4, -0.2) is 12.6 Å². The molecule has 144 valence electrons. The first kappa shape index (κ1) is 20.1. The Bertz CT molecular complexity index is 917. The van der Waals surface area contributed by atoms with Gasteiger partial charge in [0.1, 0.15) is 11.5 Å². The third kappa shape index (κ3) is 5.65. The molecular weight excluding hydrogens is 395 g/mol. The summed E-state index contributed by atoms with van der Waals surface area (Å²) in [5, 5.41) is 0. The molecule has 0 spiro atoms. The van der Waals surface area contributed by atoms with Gasteiger partial charge in [-0.3, -0.25) is 0 Å². The van der Waals surface area contributed by atoms with E-state index in [1.54, 1.807) is 79.7 Å². The smallest absolute Gasteiger partial charge is 0.462 e. The van der Waals surface area contributed by atoms with Gasteiger partial charge in [-0.2, -0.15) is 0 Å². The lowest BCUT2D eigenvalue weighted by molar-refractivity contribution is 0.0526. The van der Waals surface area contributed by atoms with Crippen molar-refractivity contribution >= 4 is 24.1 Å². The number of hydrogen-bond donors (Lipinski definition) is 0. The molecule has 0 aliphatic heterocycles. The monoisotopic (exact) mass is 414 g/mol. The van der Waals surface area contributed by atoms with Gasteiger partial charge in [-0.15, -0.1) is 0 Å². The zero-order chi connectivity index (χ0) is 19.8. The van der Waals surface area contributed by atoms with Crippen LogP contribution in [0.5, 0.6) is 11.5 Å². The van der Waals surface area contributed by atoms with Gasteiger partial charge in [0, 0.05) is 16.3 Å². The van der Waals surface area contributed by atoms with Gasteiger partial charge in [-0.1, -0.05) is 42.5 Å². The van der Waals surface area contributed by atoms with E-state index in [2.05, 4.69) is 0 Å². The van der Waals surface area contributed by atoms with Crippen LogP contribution in [0.25, 0.3) is 0 Å². The standard InChI is InChI=1S/C21H19O5PS/c1-2-24-21(22)17-10-9-15-20(16-17)28-27(23,25-18-11-5-3-6-12-18)26-19-13-7-4-8-14-19/h3-16H,2H2,1H3. The van der Waals surface area contributed by atoms with Crippen LogP contribution >= 0.6 is 18.2 Å². The maximum absolute atomic E-state index is 13.5. The summed E-state index contributed by atoms with van der Waals surface area (Å²) in [4.78, 5) is 12.6. The van der Waals surface area contributed by atoms with E-state index in [4.69, 9.17) is 13.8 Å². The molecule has 3 rings (SSSR count). The first-order valence-corrected chi connectivity index (χ1v) is 11.6. The minimum Gasteiger partial charge on any atom is -0.462 e. The Hall–Kier alpha value is -2.69. The van der Waals surface area contributed by atoms with E-state index in [0.29, 0.717) is 22.0 Å². The lowest BCUT2D eigenvalue weighted by Gasteiger charge is -2.19. The second-order valence-electron chi connectivity index (χ2n) is 5.60. The number of carbonyl (C=O) groups is 1. The topological polar surface area (TPSA) is 61.8 Å². The van der Waals surface area contributed by atoms with Crippen LogP contribution in [0.1, 0.15) is 17.3 Å². The average molecular weight is 414 g/mol.